The molecule has 0 saturated carbocycles. The van der Waals surface area contributed by atoms with Crippen molar-refractivity contribution in [2.75, 3.05) is 25.1 Å². The molecule has 1 amide bonds. The summed E-state index contributed by atoms with van der Waals surface area (Å²) in [6.45, 7) is 2.37. The van der Waals surface area contributed by atoms with E-state index in [-0.39, 0.29) is 5.91 Å². The van der Waals surface area contributed by atoms with Crippen LogP contribution in [0.5, 0.6) is 5.75 Å². The van der Waals surface area contributed by atoms with Crippen LogP contribution in [0.1, 0.15) is 35.4 Å². The van der Waals surface area contributed by atoms with Gasteiger partial charge in [-0.15, -0.1) is 0 Å². The lowest BCUT2D eigenvalue weighted by Gasteiger charge is -2.27. The number of hydrogen-bond acceptors (Lipinski definition) is 5. The van der Waals surface area contributed by atoms with E-state index in [1.807, 2.05) is 12.1 Å². The highest BCUT2D eigenvalue weighted by Crippen LogP contribution is 2.17. The number of nitrogens with zero attached hydrogens (tertiary/aromatic N) is 3. The van der Waals surface area contributed by atoms with E-state index < -0.39 is 0 Å². The third-order valence-corrected chi connectivity index (χ3v) is 4.11. The molecule has 1 aromatic carbocycles. The topological polar surface area (TPSA) is 67.3 Å². The first kappa shape index (κ1) is 16.2. The van der Waals surface area contributed by atoms with Gasteiger partial charge in [0.25, 0.3) is 5.91 Å². The summed E-state index contributed by atoms with van der Waals surface area (Å²) in [5.41, 5.74) is 0.557. The standard InChI is InChI=1S/C18H22N4O2/c1-24-15-7-5-6-14(12-15)18(23)20-13-16-19-9-8-17(21-16)22-10-3-2-4-11-22/h5-9,12H,2-4,10-11,13H2,1H3,(H,20,23). The number of anilines is 1. The van der Waals surface area contributed by atoms with Crippen LogP contribution in [0.4, 0.5) is 5.82 Å². The van der Waals surface area contributed by atoms with E-state index in [1.165, 1.54) is 19.3 Å². The molecule has 1 N–H and O–H groups in total. The smallest absolute Gasteiger partial charge is 0.251 e. The van der Waals surface area contributed by atoms with Crippen molar-refractivity contribution in [3.8, 4) is 5.75 Å². The SMILES string of the molecule is COc1cccc(C(=O)NCc2nccc(N3CCCCC3)n2)c1. The summed E-state index contributed by atoms with van der Waals surface area (Å²) in [6.07, 6.45) is 5.44. The second kappa shape index (κ2) is 7.77. The zero-order valence-corrected chi connectivity index (χ0v) is 13.9. The maximum Gasteiger partial charge on any atom is 0.251 e. The van der Waals surface area contributed by atoms with Gasteiger partial charge in [0.15, 0.2) is 0 Å². The molecule has 0 atom stereocenters. The van der Waals surface area contributed by atoms with Crippen LogP contribution in [0, 0.1) is 0 Å². The van der Waals surface area contributed by atoms with Crippen LogP contribution in [0.25, 0.3) is 0 Å². The molecule has 6 nitrogen and oxygen atoms in total. The van der Waals surface area contributed by atoms with Gasteiger partial charge >= 0.3 is 0 Å². The Morgan fingerprint density at radius 2 is 2.08 bits per heavy atom. The van der Waals surface area contributed by atoms with Gasteiger partial charge in [-0.05, 0) is 43.5 Å². The second-order valence-corrected chi connectivity index (χ2v) is 5.79. The Labute approximate surface area is 141 Å². The van der Waals surface area contributed by atoms with Crippen molar-refractivity contribution in [1.82, 2.24) is 15.3 Å². The minimum Gasteiger partial charge on any atom is -0.497 e. The van der Waals surface area contributed by atoms with Crippen LogP contribution in [-0.4, -0.2) is 36.1 Å². The molecule has 0 radical (unpaired) electrons. The molecular formula is C18H22N4O2. The van der Waals surface area contributed by atoms with E-state index in [2.05, 4.69) is 20.2 Å². The summed E-state index contributed by atoms with van der Waals surface area (Å²) >= 11 is 0. The second-order valence-electron chi connectivity index (χ2n) is 5.79. The molecular weight excluding hydrogens is 304 g/mol. The van der Waals surface area contributed by atoms with Crippen LogP contribution in [-0.2, 0) is 6.54 Å². The third-order valence-electron chi connectivity index (χ3n) is 4.11. The largest absolute Gasteiger partial charge is 0.497 e. The summed E-state index contributed by atoms with van der Waals surface area (Å²) < 4.78 is 5.14. The van der Waals surface area contributed by atoms with Crippen molar-refractivity contribution in [3.63, 3.8) is 0 Å². The van der Waals surface area contributed by atoms with Crippen molar-refractivity contribution >= 4 is 11.7 Å². The third kappa shape index (κ3) is 4.01. The molecule has 1 aliphatic heterocycles. The lowest BCUT2D eigenvalue weighted by molar-refractivity contribution is 0.0949. The molecule has 1 aliphatic rings. The van der Waals surface area contributed by atoms with E-state index in [9.17, 15) is 4.79 Å². The average Bonchev–Trinajstić information content (AvgIpc) is 2.67. The molecule has 2 heterocycles. The summed E-state index contributed by atoms with van der Waals surface area (Å²) in [5, 5.41) is 2.86. The molecule has 24 heavy (non-hydrogen) atoms. The van der Waals surface area contributed by atoms with E-state index in [4.69, 9.17) is 4.74 Å². The number of methoxy groups -OCH3 is 1. The summed E-state index contributed by atoms with van der Waals surface area (Å²) in [5.74, 6) is 2.05. The average molecular weight is 326 g/mol. The first-order valence-corrected chi connectivity index (χ1v) is 8.25. The van der Waals surface area contributed by atoms with E-state index in [0.717, 1.165) is 18.9 Å². The molecule has 0 spiro atoms. The van der Waals surface area contributed by atoms with Crippen molar-refractivity contribution in [2.45, 2.75) is 25.8 Å². The molecule has 6 heteroatoms. The molecule has 0 aliphatic carbocycles. The molecule has 2 aromatic rings. The van der Waals surface area contributed by atoms with E-state index in [1.54, 1.807) is 31.5 Å². The number of rotatable bonds is 5. The van der Waals surface area contributed by atoms with Gasteiger partial charge in [0.2, 0.25) is 0 Å². The van der Waals surface area contributed by atoms with Crippen molar-refractivity contribution < 1.29 is 9.53 Å². The fourth-order valence-corrected chi connectivity index (χ4v) is 2.80. The van der Waals surface area contributed by atoms with Crippen LogP contribution >= 0.6 is 0 Å². The highest BCUT2D eigenvalue weighted by molar-refractivity contribution is 5.94. The number of ether oxygens (including phenoxy) is 1. The van der Waals surface area contributed by atoms with Gasteiger partial charge in [0.05, 0.1) is 13.7 Å². The molecule has 1 aromatic heterocycles. The Balaban J connectivity index is 1.62. The van der Waals surface area contributed by atoms with Gasteiger partial charge in [-0.1, -0.05) is 6.07 Å². The Hall–Kier alpha value is -2.63. The molecule has 1 fully saturated rings. The van der Waals surface area contributed by atoms with Crippen LogP contribution in [0.3, 0.4) is 0 Å². The fourth-order valence-electron chi connectivity index (χ4n) is 2.80. The zero-order valence-electron chi connectivity index (χ0n) is 13.9. The normalized spacial score (nSPS) is 14.3. The van der Waals surface area contributed by atoms with Gasteiger partial charge in [0.1, 0.15) is 17.4 Å². The number of hydrogen-bond donors (Lipinski definition) is 1. The predicted molar refractivity (Wildman–Crippen MR) is 92.3 cm³/mol. The van der Waals surface area contributed by atoms with Gasteiger partial charge in [0, 0.05) is 24.8 Å². The van der Waals surface area contributed by atoms with Crippen molar-refractivity contribution in [2.24, 2.45) is 0 Å². The van der Waals surface area contributed by atoms with Gasteiger partial charge in [-0.25, -0.2) is 9.97 Å². The lowest BCUT2D eigenvalue weighted by atomic mass is 10.1. The van der Waals surface area contributed by atoms with Crippen molar-refractivity contribution in [3.05, 3.63) is 47.9 Å². The first-order chi connectivity index (χ1) is 11.8. The van der Waals surface area contributed by atoms with Gasteiger partial charge in [-0.2, -0.15) is 0 Å². The van der Waals surface area contributed by atoms with Gasteiger partial charge in [-0.3, -0.25) is 4.79 Å². The molecule has 0 unspecified atom stereocenters. The Morgan fingerprint density at radius 3 is 2.88 bits per heavy atom. The number of aromatic nitrogens is 2. The number of amides is 1. The minimum absolute atomic E-state index is 0.166. The van der Waals surface area contributed by atoms with Gasteiger partial charge < -0.3 is 15.0 Å². The Kier molecular flexibility index (Phi) is 5.25. The number of benzene rings is 1. The Morgan fingerprint density at radius 1 is 1.25 bits per heavy atom. The lowest BCUT2D eigenvalue weighted by Crippen LogP contribution is -2.31. The minimum atomic E-state index is -0.166. The molecule has 3 rings (SSSR count). The maximum atomic E-state index is 12.2. The van der Waals surface area contributed by atoms with E-state index in [0.29, 0.717) is 23.7 Å². The number of piperidine rings is 1. The quantitative estimate of drug-likeness (QED) is 0.914. The zero-order chi connectivity index (χ0) is 16.8. The summed E-state index contributed by atoms with van der Waals surface area (Å²) in [6, 6.07) is 8.99. The first-order valence-electron chi connectivity index (χ1n) is 8.25. The predicted octanol–water partition coefficient (Wildman–Crippen LogP) is 2.41. The summed E-state index contributed by atoms with van der Waals surface area (Å²) in [4.78, 5) is 23.3. The summed E-state index contributed by atoms with van der Waals surface area (Å²) in [7, 11) is 1.58. The van der Waals surface area contributed by atoms with Crippen LogP contribution < -0.4 is 15.0 Å². The number of carbonyl (C=O) groups excluding carboxylic acids is 1. The monoisotopic (exact) mass is 326 g/mol. The number of carbonyl (C=O) groups is 1. The molecule has 126 valence electrons. The molecule has 1 saturated heterocycles. The maximum absolute atomic E-state index is 12.2. The Bertz CT molecular complexity index is 699. The fraction of sp³-hybridized carbons (Fsp3) is 0.389. The highest BCUT2D eigenvalue weighted by Gasteiger charge is 2.13. The van der Waals surface area contributed by atoms with Crippen LogP contribution in [0.15, 0.2) is 36.5 Å². The number of nitrogens with one attached hydrogen (secondary N) is 1. The van der Waals surface area contributed by atoms with E-state index >= 15 is 0 Å². The van der Waals surface area contributed by atoms with Crippen molar-refractivity contribution in [1.29, 1.82) is 0 Å². The van der Waals surface area contributed by atoms with Crippen LogP contribution in [0.2, 0.25) is 0 Å². The highest BCUT2D eigenvalue weighted by atomic mass is 16.5. The molecule has 0 bridgehead atoms.